The Kier molecular flexibility index (Phi) is 2.28. The maximum Gasteiger partial charge on any atom is 0.149 e. The van der Waals surface area contributed by atoms with E-state index in [9.17, 15) is 4.79 Å². The molecular formula is C12H15NO. The molecule has 0 saturated heterocycles. The Morgan fingerprint density at radius 3 is 2.93 bits per heavy atom. The van der Waals surface area contributed by atoms with E-state index in [0.29, 0.717) is 12.5 Å². The van der Waals surface area contributed by atoms with E-state index in [1.165, 1.54) is 11.3 Å². The molecule has 0 saturated carbocycles. The average Bonchev–Trinajstić information content (AvgIpc) is 2.44. The van der Waals surface area contributed by atoms with Crippen LogP contribution in [0.15, 0.2) is 24.3 Å². The van der Waals surface area contributed by atoms with Crippen molar-refractivity contribution in [1.82, 2.24) is 0 Å². The zero-order chi connectivity index (χ0) is 10.1. The van der Waals surface area contributed by atoms with Crippen molar-refractivity contribution < 1.29 is 4.79 Å². The number of carbonyl (C=O) groups is 1. The van der Waals surface area contributed by atoms with E-state index in [1.54, 1.807) is 6.92 Å². The van der Waals surface area contributed by atoms with Crippen molar-refractivity contribution >= 4 is 11.5 Å². The van der Waals surface area contributed by atoms with Gasteiger partial charge in [0.1, 0.15) is 5.78 Å². The predicted octanol–water partition coefficient (Wildman–Crippen LogP) is 2.20. The number of para-hydroxylation sites is 1. The highest BCUT2D eigenvalue weighted by Gasteiger charge is 2.24. The summed E-state index contributed by atoms with van der Waals surface area (Å²) in [5.74, 6) is 0.777. The van der Waals surface area contributed by atoms with Crippen LogP contribution < -0.4 is 4.90 Å². The number of carbonyl (C=O) groups excluding carboxylic acids is 1. The van der Waals surface area contributed by atoms with Gasteiger partial charge in [-0.25, -0.2) is 0 Å². The molecule has 0 radical (unpaired) electrons. The van der Waals surface area contributed by atoms with E-state index in [4.69, 9.17) is 0 Å². The monoisotopic (exact) mass is 189 g/mol. The second-order valence-electron chi connectivity index (χ2n) is 4.04. The summed E-state index contributed by atoms with van der Waals surface area (Å²) in [5, 5.41) is 0. The van der Waals surface area contributed by atoms with Gasteiger partial charge in [-0.3, -0.25) is 4.79 Å². The van der Waals surface area contributed by atoms with Crippen LogP contribution in [0.5, 0.6) is 0 Å². The van der Waals surface area contributed by atoms with E-state index in [0.717, 1.165) is 6.54 Å². The van der Waals surface area contributed by atoms with E-state index >= 15 is 0 Å². The standard InChI is InChI=1S/C12H15NO/c1-9-7-13(8-10(2)14)12-6-4-3-5-11(9)12/h3-6,9H,7-8H2,1-2H3. The molecule has 1 aliphatic rings. The number of rotatable bonds is 2. The number of hydrogen-bond donors (Lipinski definition) is 0. The van der Waals surface area contributed by atoms with E-state index in [2.05, 4.69) is 30.0 Å². The van der Waals surface area contributed by atoms with E-state index in [-0.39, 0.29) is 5.78 Å². The van der Waals surface area contributed by atoms with Gasteiger partial charge in [0.05, 0.1) is 6.54 Å². The number of anilines is 1. The summed E-state index contributed by atoms with van der Waals surface area (Å²) in [4.78, 5) is 13.2. The van der Waals surface area contributed by atoms with Gasteiger partial charge in [0, 0.05) is 18.2 Å². The molecule has 74 valence electrons. The molecule has 1 aromatic rings. The van der Waals surface area contributed by atoms with Crippen LogP contribution in [0, 0.1) is 0 Å². The van der Waals surface area contributed by atoms with E-state index in [1.807, 2.05) is 6.07 Å². The highest BCUT2D eigenvalue weighted by Crippen LogP contribution is 2.35. The molecule has 2 rings (SSSR count). The van der Waals surface area contributed by atoms with Gasteiger partial charge < -0.3 is 4.90 Å². The first-order chi connectivity index (χ1) is 6.68. The lowest BCUT2D eigenvalue weighted by Crippen LogP contribution is -2.26. The van der Waals surface area contributed by atoms with Gasteiger partial charge in [-0.15, -0.1) is 0 Å². The van der Waals surface area contributed by atoms with Crippen molar-refractivity contribution in [3.63, 3.8) is 0 Å². The fourth-order valence-electron chi connectivity index (χ4n) is 2.14. The summed E-state index contributed by atoms with van der Waals surface area (Å²) in [6.07, 6.45) is 0. The molecule has 2 heteroatoms. The smallest absolute Gasteiger partial charge is 0.149 e. The lowest BCUT2D eigenvalue weighted by molar-refractivity contribution is -0.115. The minimum absolute atomic E-state index is 0.230. The number of hydrogen-bond acceptors (Lipinski definition) is 2. The minimum atomic E-state index is 0.230. The van der Waals surface area contributed by atoms with Crippen LogP contribution in [0.4, 0.5) is 5.69 Å². The Hall–Kier alpha value is -1.31. The van der Waals surface area contributed by atoms with Gasteiger partial charge in [-0.2, -0.15) is 0 Å². The molecule has 1 atom stereocenters. The Morgan fingerprint density at radius 1 is 1.50 bits per heavy atom. The third-order valence-electron chi connectivity index (χ3n) is 2.72. The number of fused-ring (bicyclic) bond motifs is 1. The molecule has 1 unspecified atom stereocenters. The number of ketones is 1. The Bertz CT molecular complexity index is 359. The van der Waals surface area contributed by atoms with Crippen LogP contribution in [-0.2, 0) is 4.79 Å². The molecule has 0 aliphatic carbocycles. The summed E-state index contributed by atoms with van der Waals surface area (Å²) < 4.78 is 0. The lowest BCUT2D eigenvalue weighted by Gasteiger charge is -2.17. The first-order valence-corrected chi connectivity index (χ1v) is 5.02. The zero-order valence-corrected chi connectivity index (χ0v) is 8.66. The molecule has 2 nitrogen and oxygen atoms in total. The summed E-state index contributed by atoms with van der Waals surface area (Å²) in [7, 11) is 0. The first-order valence-electron chi connectivity index (χ1n) is 5.02. The highest BCUT2D eigenvalue weighted by atomic mass is 16.1. The molecule has 1 aromatic carbocycles. The fourth-order valence-corrected chi connectivity index (χ4v) is 2.14. The first kappa shape index (κ1) is 9.25. The molecule has 1 aliphatic heterocycles. The van der Waals surface area contributed by atoms with Crippen LogP contribution >= 0.6 is 0 Å². The second kappa shape index (κ2) is 3.45. The third kappa shape index (κ3) is 1.52. The van der Waals surface area contributed by atoms with Crippen molar-refractivity contribution in [3.8, 4) is 0 Å². The number of nitrogens with zero attached hydrogens (tertiary/aromatic N) is 1. The van der Waals surface area contributed by atoms with Crippen molar-refractivity contribution in [2.24, 2.45) is 0 Å². The van der Waals surface area contributed by atoms with Gasteiger partial charge in [-0.1, -0.05) is 25.1 Å². The Labute approximate surface area is 84.5 Å². The van der Waals surface area contributed by atoms with Crippen molar-refractivity contribution in [2.75, 3.05) is 18.0 Å². The maximum atomic E-state index is 11.1. The van der Waals surface area contributed by atoms with Crippen molar-refractivity contribution in [3.05, 3.63) is 29.8 Å². The van der Waals surface area contributed by atoms with Gasteiger partial charge in [-0.05, 0) is 18.6 Å². The number of Topliss-reactive ketones (excluding diaryl/α,β-unsaturated/α-hetero) is 1. The summed E-state index contributed by atoms with van der Waals surface area (Å²) in [5.41, 5.74) is 2.60. The topological polar surface area (TPSA) is 20.3 Å². The molecule has 1 heterocycles. The number of benzene rings is 1. The Balaban J connectivity index is 2.29. The van der Waals surface area contributed by atoms with Gasteiger partial charge >= 0.3 is 0 Å². The normalized spacial score (nSPS) is 19.6. The average molecular weight is 189 g/mol. The summed E-state index contributed by atoms with van der Waals surface area (Å²) >= 11 is 0. The zero-order valence-electron chi connectivity index (χ0n) is 8.66. The van der Waals surface area contributed by atoms with E-state index < -0.39 is 0 Å². The summed E-state index contributed by atoms with van der Waals surface area (Å²) in [6, 6.07) is 8.35. The quantitative estimate of drug-likeness (QED) is 0.710. The second-order valence-corrected chi connectivity index (χ2v) is 4.04. The van der Waals surface area contributed by atoms with Crippen LogP contribution in [-0.4, -0.2) is 18.9 Å². The van der Waals surface area contributed by atoms with Gasteiger partial charge in [0.2, 0.25) is 0 Å². The maximum absolute atomic E-state index is 11.1. The van der Waals surface area contributed by atoms with Crippen LogP contribution in [0.1, 0.15) is 25.3 Å². The van der Waals surface area contributed by atoms with Gasteiger partial charge in [0.15, 0.2) is 0 Å². The minimum Gasteiger partial charge on any atom is -0.363 e. The molecular weight excluding hydrogens is 174 g/mol. The van der Waals surface area contributed by atoms with Crippen LogP contribution in [0.3, 0.4) is 0 Å². The molecule has 14 heavy (non-hydrogen) atoms. The fraction of sp³-hybridized carbons (Fsp3) is 0.417. The largest absolute Gasteiger partial charge is 0.363 e. The molecule has 0 amide bonds. The highest BCUT2D eigenvalue weighted by molar-refractivity contribution is 5.82. The molecule has 0 N–H and O–H groups in total. The molecule has 0 fully saturated rings. The summed E-state index contributed by atoms with van der Waals surface area (Å²) in [6.45, 7) is 5.37. The SMILES string of the molecule is CC(=O)CN1CC(C)c2ccccc21. The third-order valence-corrected chi connectivity index (χ3v) is 2.72. The van der Waals surface area contributed by atoms with Crippen molar-refractivity contribution in [1.29, 1.82) is 0 Å². The Morgan fingerprint density at radius 2 is 2.21 bits per heavy atom. The lowest BCUT2D eigenvalue weighted by atomic mass is 10.0. The van der Waals surface area contributed by atoms with Crippen LogP contribution in [0.25, 0.3) is 0 Å². The molecule has 0 spiro atoms. The molecule has 0 aromatic heterocycles. The van der Waals surface area contributed by atoms with Gasteiger partial charge in [0.25, 0.3) is 0 Å². The molecule has 0 bridgehead atoms. The van der Waals surface area contributed by atoms with Crippen LogP contribution in [0.2, 0.25) is 0 Å². The van der Waals surface area contributed by atoms with Crippen molar-refractivity contribution in [2.45, 2.75) is 19.8 Å². The predicted molar refractivity (Wildman–Crippen MR) is 57.8 cm³/mol.